The van der Waals surface area contributed by atoms with E-state index in [4.69, 9.17) is 9.47 Å². The van der Waals surface area contributed by atoms with Crippen LogP contribution in [0.15, 0.2) is 83.1 Å². The maximum absolute atomic E-state index is 13.9. The lowest BCUT2D eigenvalue weighted by Crippen LogP contribution is -2.30. The van der Waals surface area contributed by atoms with Crippen molar-refractivity contribution in [1.29, 1.82) is 0 Å². The minimum absolute atomic E-state index is 0.00929. The zero-order chi connectivity index (χ0) is 25.3. The molecule has 0 radical (unpaired) electrons. The van der Waals surface area contributed by atoms with Gasteiger partial charge in [-0.05, 0) is 42.3 Å². The van der Waals surface area contributed by atoms with Gasteiger partial charge in [-0.2, -0.15) is 0 Å². The lowest BCUT2D eigenvalue weighted by molar-refractivity contribution is 0.0952. The molecule has 9 heteroatoms. The van der Waals surface area contributed by atoms with Gasteiger partial charge in [-0.3, -0.25) is 9.10 Å². The topological polar surface area (TPSA) is 84.9 Å². The molecule has 0 spiro atoms. The first-order chi connectivity index (χ1) is 17.3. The lowest BCUT2D eigenvalue weighted by Gasteiger charge is -2.21. The number of rotatable bonds is 7. The van der Waals surface area contributed by atoms with Crippen molar-refractivity contribution in [2.24, 2.45) is 0 Å². The van der Waals surface area contributed by atoms with Crippen LogP contribution in [0.4, 0.5) is 5.69 Å². The maximum Gasteiger partial charge on any atom is 0.266 e. The highest BCUT2D eigenvalue weighted by Gasteiger charge is 2.32. The average molecular weight is 521 g/mol. The van der Waals surface area contributed by atoms with E-state index >= 15 is 0 Å². The van der Waals surface area contributed by atoms with E-state index in [1.165, 1.54) is 11.4 Å². The number of fused-ring (bicyclic) bond motifs is 1. The number of nitrogens with zero attached hydrogens (tertiary/aromatic N) is 1. The number of hydrogen-bond acceptors (Lipinski definition) is 6. The van der Waals surface area contributed by atoms with Crippen LogP contribution in [-0.2, 0) is 16.6 Å². The Bertz CT molecular complexity index is 1510. The summed E-state index contributed by atoms with van der Waals surface area (Å²) in [7, 11) is -2.56. The van der Waals surface area contributed by atoms with E-state index in [1.807, 2.05) is 55.5 Å². The zero-order valence-corrected chi connectivity index (χ0v) is 21.4. The first-order valence-corrected chi connectivity index (χ1v) is 13.6. The largest absolute Gasteiger partial charge is 0.454 e. The quantitative estimate of drug-likeness (QED) is 0.362. The second-order valence-corrected chi connectivity index (χ2v) is 11.1. The summed E-state index contributed by atoms with van der Waals surface area (Å²) in [5.41, 5.74) is 3.56. The first kappa shape index (κ1) is 23.9. The van der Waals surface area contributed by atoms with Crippen LogP contribution < -0.4 is 19.1 Å². The summed E-state index contributed by atoms with van der Waals surface area (Å²) in [5.74, 6) is 0.811. The number of thiophene rings is 1. The smallest absolute Gasteiger partial charge is 0.266 e. The van der Waals surface area contributed by atoms with Crippen LogP contribution in [0.2, 0.25) is 0 Å². The molecule has 0 atom stereocenters. The summed E-state index contributed by atoms with van der Waals surface area (Å²) in [6, 6.07) is 21.8. The van der Waals surface area contributed by atoms with E-state index in [-0.39, 0.29) is 23.1 Å². The van der Waals surface area contributed by atoms with Crippen LogP contribution in [-0.4, -0.2) is 28.2 Å². The third-order valence-corrected chi connectivity index (χ3v) is 8.92. The molecule has 0 aliphatic carbocycles. The molecule has 184 valence electrons. The van der Waals surface area contributed by atoms with Crippen molar-refractivity contribution < 1.29 is 22.7 Å². The number of nitrogens with one attached hydrogen (secondary N) is 1. The molecule has 0 bridgehead atoms. The molecule has 0 unspecified atom stereocenters. The third-order valence-electron chi connectivity index (χ3n) is 5.94. The van der Waals surface area contributed by atoms with Crippen LogP contribution in [0.3, 0.4) is 0 Å². The molecule has 1 aliphatic rings. The van der Waals surface area contributed by atoms with Gasteiger partial charge in [-0.1, -0.05) is 54.1 Å². The first-order valence-electron chi connectivity index (χ1n) is 11.2. The number of amides is 1. The Balaban J connectivity index is 1.50. The molecular weight excluding hydrogens is 496 g/mol. The minimum Gasteiger partial charge on any atom is -0.454 e. The molecule has 3 aromatic carbocycles. The summed E-state index contributed by atoms with van der Waals surface area (Å²) < 4.78 is 39.8. The number of hydrogen-bond donors (Lipinski definition) is 1. The zero-order valence-electron chi connectivity index (χ0n) is 19.7. The van der Waals surface area contributed by atoms with E-state index < -0.39 is 15.9 Å². The summed E-state index contributed by atoms with van der Waals surface area (Å²) >= 11 is 1.11. The van der Waals surface area contributed by atoms with Gasteiger partial charge < -0.3 is 14.8 Å². The van der Waals surface area contributed by atoms with Crippen LogP contribution in [0.1, 0.15) is 20.8 Å². The molecule has 1 N–H and O–H groups in total. The van der Waals surface area contributed by atoms with Crippen molar-refractivity contribution in [3.8, 4) is 22.6 Å². The van der Waals surface area contributed by atoms with Gasteiger partial charge in [-0.25, -0.2) is 8.42 Å². The number of carbonyl (C=O) groups is 1. The number of ether oxygens (including phenoxy) is 2. The molecule has 1 amide bonds. The Hall–Kier alpha value is -3.82. The highest BCUT2D eigenvalue weighted by Crippen LogP contribution is 2.38. The molecular formula is C27H24N2O5S2. The monoisotopic (exact) mass is 520 g/mol. The van der Waals surface area contributed by atoms with E-state index in [0.29, 0.717) is 22.7 Å². The molecule has 5 rings (SSSR count). The van der Waals surface area contributed by atoms with Crippen LogP contribution in [0.5, 0.6) is 11.5 Å². The predicted octanol–water partition coefficient (Wildman–Crippen LogP) is 5.21. The molecule has 0 saturated heterocycles. The molecule has 2 heterocycles. The van der Waals surface area contributed by atoms with Gasteiger partial charge in [0, 0.05) is 24.5 Å². The Morgan fingerprint density at radius 3 is 2.47 bits per heavy atom. The Morgan fingerprint density at radius 2 is 1.72 bits per heavy atom. The summed E-state index contributed by atoms with van der Waals surface area (Å²) in [4.78, 5) is 13.5. The van der Waals surface area contributed by atoms with Crippen LogP contribution in [0, 0.1) is 6.92 Å². The maximum atomic E-state index is 13.9. The molecule has 1 aromatic heterocycles. The molecule has 7 nitrogen and oxygen atoms in total. The molecule has 4 aromatic rings. The SMILES string of the molecule is Cc1ccc(N(C)S(=O)(=O)c2c(-c3ccccc3)csc2C(=O)NCc2ccc3c(c2)OCO3)cc1. The average Bonchev–Trinajstić information content (AvgIpc) is 3.55. The van der Waals surface area contributed by atoms with Crippen molar-refractivity contribution in [3.05, 3.63) is 94.2 Å². The fourth-order valence-electron chi connectivity index (χ4n) is 3.92. The fraction of sp³-hybridized carbons (Fsp3) is 0.148. The van der Waals surface area contributed by atoms with Gasteiger partial charge in [0.25, 0.3) is 15.9 Å². The van der Waals surface area contributed by atoms with Crippen molar-refractivity contribution >= 4 is 33.0 Å². The molecule has 1 aliphatic heterocycles. The van der Waals surface area contributed by atoms with E-state index in [9.17, 15) is 13.2 Å². The number of aryl methyl sites for hydroxylation is 1. The van der Waals surface area contributed by atoms with Crippen molar-refractivity contribution in [2.75, 3.05) is 18.1 Å². The van der Waals surface area contributed by atoms with E-state index in [1.54, 1.807) is 29.6 Å². The number of benzene rings is 3. The predicted molar refractivity (Wildman–Crippen MR) is 140 cm³/mol. The normalized spacial score (nSPS) is 12.4. The number of carbonyl (C=O) groups excluding carboxylic acids is 1. The van der Waals surface area contributed by atoms with E-state index in [2.05, 4.69) is 5.32 Å². The lowest BCUT2D eigenvalue weighted by atomic mass is 10.1. The Labute approximate surface area is 214 Å². The Morgan fingerprint density at radius 1 is 1.00 bits per heavy atom. The molecule has 36 heavy (non-hydrogen) atoms. The van der Waals surface area contributed by atoms with E-state index in [0.717, 1.165) is 28.0 Å². The van der Waals surface area contributed by atoms with Gasteiger partial charge in [0.2, 0.25) is 6.79 Å². The number of anilines is 1. The number of sulfonamides is 1. The summed E-state index contributed by atoms with van der Waals surface area (Å²) in [5, 5.41) is 4.58. The second kappa shape index (κ2) is 9.67. The highest BCUT2D eigenvalue weighted by molar-refractivity contribution is 7.93. The fourth-order valence-corrected chi connectivity index (χ4v) is 6.80. The summed E-state index contributed by atoms with van der Waals surface area (Å²) in [6.45, 7) is 2.31. The minimum atomic E-state index is -4.06. The summed E-state index contributed by atoms with van der Waals surface area (Å²) in [6.07, 6.45) is 0. The molecule has 0 saturated carbocycles. The van der Waals surface area contributed by atoms with Crippen molar-refractivity contribution in [1.82, 2.24) is 5.32 Å². The van der Waals surface area contributed by atoms with Crippen molar-refractivity contribution in [3.63, 3.8) is 0 Å². The Kier molecular flexibility index (Phi) is 6.42. The van der Waals surface area contributed by atoms with Crippen LogP contribution >= 0.6 is 11.3 Å². The van der Waals surface area contributed by atoms with Gasteiger partial charge in [0.15, 0.2) is 11.5 Å². The van der Waals surface area contributed by atoms with Gasteiger partial charge in [0.1, 0.15) is 9.77 Å². The molecule has 0 fully saturated rings. The second-order valence-electron chi connectivity index (χ2n) is 8.35. The van der Waals surface area contributed by atoms with Crippen LogP contribution in [0.25, 0.3) is 11.1 Å². The van der Waals surface area contributed by atoms with Gasteiger partial charge in [0.05, 0.1) is 5.69 Å². The standard InChI is InChI=1S/C27H24N2O5S2/c1-18-8-11-21(12-9-18)29(2)36(31,32)26-22(20-6-4-3-5-7-20)16-35-25(26)27(30)28-15-19-10-13-23-24(14-19)34-17-33-23/h3-14,16H,15,17H2,1-2H3,(H,28,30). The highest BCUT2D eigenvalue weighted by atomic mass is 32.2. The van der Waals surface area contributed by atoms with Gasteiger partial charge in [-0.15, -0.1) is 11.3 Å². The van der Waals surface area contributed by atoms with Crippen molar-refractivity contribution in [2.45, 2.75) is 18.4 Å². The van der Waals surface area contributed by atoms with Gasteiger partial charge >= 0.3 is 0 Å². The third kappa shape index (κ3) is 4.55.